The molecule has 2 N–H and O–H groups in total. The molecule has 3 heteroatoms. The lowest BCUT2D eigenvalue weighted by Crippen LogP contribution is -1.90. The van der Waals surface area contributed by atoms with E-state index in [1.807, 2.05) is 17.8 Å². The molecule has 0 spiro atoms. The molecule has 2 nitrogen and oxygen atoms in total. The molecule has 15 heavy (non-hydrogen) atoms. The van der Waals surface area contributed by atoms with Crippen LogP contribution in [-0.2, 0) is 12.3 Å². The number of anilines is 1. The lowest BCUT2D eigenvalue weighted by molar-refractivity contribution is 0.795. The molecule has 1 aromatic heterocycles. The molecule has 0 amide bonds. The number of hydrogen-bond acceptors (Lipinski definition) is 2. The number of fused-ring (bicyclic) bond motifs is 1. The molecule has 1 heterocycles. The fourth-order valence-electron chi connectivity index (χ4n) is 1.92. The van der Waals surface area contributed by atoms with Crippen LogP contribution in [0, 0.1) is 0 Å². The lowest BCUT2D eigenvalue weighted by Gasteiger charge is -2.00. The van der Waals surface area contributed by atoms with E-state index in [0.29, 0.717) is 0 Å². The molecule has 0 saturated carbocycles. The van der Waals surface area contributed by atoms with Crippen molar-refractivity contribution < 1.29 is 0 Å². The first-order valence-corrected chi connectivity index (χ1v) is 6.51. The van der Waals surface area contributed by atoms with Gasteiger partial charge in [-0.2, -0.15) is 11.8 Å². The molecule has 0 aliphatic rings. The Morgan fingerprint density at radius 2 is 2.20 bits per heavy atom. The van der Waals surface area contributed by atoms with E-state index in [9.17, 15) is 0 Å². The van der Waals surface area contributed by atoms with Crippen molar-refractivity contribution in [2.75, 3.05) is 12.0 Å². The Kier molecular flexibility index (Phi) is 2.91. The molecule has 0 aliphatic heterocycles. The molecule has 1 aromatic carbocycles. The molecule has 2 rings (SSSR count). The van der Waals surface area contributed by atoms with Crippen LogP contribution in [0.4, 0.5) is 5.69 Å². The molecule has 0 atom stereocenters. The van der Waals surface area contributed by atoms with E-state index in [1.54, 1.807) is 0 Å². The Bertz CT molecular complexity index is 474. The summed E-state index contributed by atoms with van der Waals surface area (Å²) in [5.41, 5.74) is 9.34. The third-order valence-electron chi connectivity index (χ3n) is 2.63. The highest BCUT2D eigenvalue weighted by Crippen LogP contribution is 2.26. The van der Waals surface area contributed by atoms with Crippen molar-refractivity contribution in [1.29, 1.82) is 0 Å². The first-order valence-electron chi connectivity index (χ1n) is 5.12. The molecule has 0 aliphatic carbocycles. The third-order valence-corrected chi connectivity index (χ3v) is 3.23. The molecule has 0 bridgehead atoms. The Labute approximate surface area is 94.5 Å². The van der Waals surface area contributed by atoms with Crippen LogP contribution in [0.25, 0.3) is 10.9 Å². The minimum Gasteiger partial charge on any atom is -0.399 e. The van der Waals surface area contributed by atoms with E-state index >= 15 is 0 Å². The minimum atomic E-state index is 0.846. The van der Waals surface area contributed by atoms with Crippen molar-refractivity contribution in [2.24, 2.45) is 0 Å². The van der Waals surface area contributed by atoms with Gasteiger partial charge in [-0.05, 0) is 36.9 Å². The van der Waals surface area contributed by atoms with Gasteiger partial charge in [-0.1, -0.05) is 0 Å². The average molecular weight is 220 g/mol. The largest absolute Gasteiger partial charge is 0.399 e. The second kappa shape index (κ2) is 4.19. The van der Waals surface area contributed by atoms with Gasteiger partial charge in [0.15, 0.2) is 0 Å². The summed E-state index contributed by atoms with van der Waals surface area (Å²) in [6.07, 6.45) is 4.36. The SMILES string of the molecule is CCn1cc(CSC)c2cc(N)ccc21. The molecule has 0 fully saturated rings. The van der Waals surface area contributed by atoms with Gasteiger partial charge in [0.25, 0.3) is 0 Å². The Morgan fingerprint density at radius 1 is 1.40 bits per heavy atom. The Balaban J connectivity index is 2.64. The number of benzene rings is 1. The van der Waals surface area contributed by atoms with Gasteiger partial charge in [0.05, 0.1) is 0 Å². The summed E-state index contributed by atoms with van der Waals surface area (Å²) in [7, 11) is 0. The molecule has 0 unspecified atom stereocenters. The van der Waals surface area contributed by atoms with Gasteiger partial charge in [0, 0.05) is 35.1 Å². The van der Waals surface area contributed by atoms with Crippen molar-refractivity contribution >= 4 is 28.4 Å². The maximum Gasteiger partial charge on any atom is 0.0484 e. The van der Waals surface area contributed by atoms with Crippen LogP contribution < -0.4 is 5.73 Å². The van der Waals surface area contributed by atoms with Crippen LogP contribution in [0.15, 0.2) is 24.4 Å². The summed E-state index contributed by atoms with van der Waals surface area (Å²) >= 11 is 1.85. The first kappa shape index (κ1) is 10.4. The van der Waals surface area contributed by atoms with Crippen LogP contribution in [0.1, 0.15) is 12.5 Å². The molecule has 2 aromatic rings. The van der Waals surface area contributed by atoms with Crippen LogP contribution in [0.5, 0.6) is 0 Å². The normalized spacial score (nSPS) is 11.1. The highest BCUT2D eigenvalue weighted by Gasteiger charge is 2.06. The number of hydrogen-bond donors (Lipinski definition) is 1. The highest BCUT2D eigenvalue weighted by molar-refractivity contribution is 7.97. The van der Waals surface area contributed by atoms with Gasteiger partial charge < -0.3 is 10.3 Å². The summed E-state index contributed by atoms with van der Waals surface area (Å²) in [5, 5.41) is 1.30. The second-order valence-corrected chi connectivity index (χ2v) is 4.52. The third kappa shape index (κ3) is 1.84. The quantitative estimate of drug-likeness (QED) is 0.806. The van der Waals surface area contributed by atoms with Crippen molar-refractivity contribution in [2.45, 2.75) is 19.2 Å². The van der Waals surface area contributed by atoms with Gasteiger partial charge in [0.1, 0.15) is 0 Å². The van der Waals surface area contributed by atoms with Crippen LogP contribution >= 0.6 is 11.8 Å². The van der Waals surface area contributed by atoms with Crippen molar-refractivity contribution in [3.05, 3.63) is 30.0 Å². The first-order chi connectivity index (χ1) is 7.26. The van der Waals surface area contributed by atoms with Crippen LogP contribution in [-0.4, -0.2) is 10.8 Å². The Morgan fingerprint density at radius 3 is 2.87 bits per heavy atom. The summed E-state index contributed by atoms with van der Waals surface area (Å²) < 4.78 is 2.28. The second-order valence-electron chi connectivity index (χ2n) is 3.65. The fraction of sp³-hybridized carbons (Fsp3) is 0.333. The number of rotatable bonds is 3. The van der Waals surface area contributed by atoms with Crippen molar-refractivity contribution in [3.63, 3.8) is 0 Å². The van der Waals surface area contributed by atoms with E-state index in [1.165, 1.54) is 16.5 Å². The zero-order chi connectivity index (χ0) is 10.8. The maximum absolute atomic E-state index is 5.82. The average Bonchev–Trinajstić information content (AvgIpc) is 2.57. The van der Waals surface area contributed by atoms with Gasteiger partial charge in [-0.3, -0.25) is 0 Å². The van der Waals surface area contributed by atoms with E-state index in [0.717, 1.165) is 18.0 Å². The van der Waals surface area contributed by atoms with E-state index in [-0.39, 0.29) is 0 Å². The zero-order valence-corrected chi connectivity index (χ0v) is 9.97. The monoisotopic (exact) mass is 220 g/mol. The number of thioether (sulfide) groups is 1. The smallest absolute Gasteiger partial charge is 0.0484 e. The van der Waals surface area contributed by atoms with Gasteiger partial charge in [0.2, 0.25) is 0 Å². The predicted octanol–water partition coefficient (Wildman–Crippen LogP) is 3.11. The van der Waals surface area contributed by atoms with Crippen LogP contribution in [0.3, 0.4) is 0 Å². The van der Waals surface area contributed by atoms with Crippen molar-refractivity contribution in [3.8, 4) is 0 Å². The number of aromatic nitrogens is 1. The minimum absolute atomic E-state index is 0.846. The summed E-state index contributed by atoms with van der Waals surface area (Å²) in [4.78, 5) is 0. The number of aryl methyl sites for hydroxylation is 1. The predicted molar refractivity (Wildman–Crippen MR) is 69.2 cm³/mol. The van der Waals surface area contributed by atoms with Gasteiger partial charge in [-0.25, -0.2) is 0 Å². The van der Waals surface area contributed by atoms with E-state index in [2.05, 4.69) is 36.1 Å². The lowest BCUT2D eigenvalue weighted by atomic mass is 10.2. The molecule has 0 saturated heterocycles. The molecule has 0 radical (unpaired) electrons. The number of nitrogens with zero attached hydrogens (tertiary/aromatic N) is 1. The van der Waals surface area contributed by atoms with E-state index in [4.69, 9.17) is 5.73 Å². The topological polar surface area (TPSA) is 30.9 Å². The zero-order valence-electron chi connectivity index (χ0n) is 9.16. The fourth-order valence-corrected chi connectivity index (χ4v) is 2.46. The van der Waals surface area contributed by atoms with Gasteiger partial charge in [-0.15, -0.1) is 0 Å². The summed E-state index contributed by atoms with van der Waals surface area (Å²) in [6, 6.07) is 6.16. The molecular formula is C12H16N2S. The highest BCUT2D eigenvalue weighted by atomic mass is 32.2. The molecular weight excluding hydrogens is 204 g/mol. The van der Waals surface area contributed by atoms with Crippen molar-refractivity contribution in [1.82, 2.24) is 4.57 Å². The standard InChI is InChI=1S/C12H16N2S/c1-3-14-7-9(8-15-2)11-6-10(13)4-5-12(11)14/h4-7H,3,8,13H2,1-2H3. The van der Waals surface area contributed by atoms with E-state index < -0.39 is 0 Å². The summed E-state index contributed by atoms with van der Waals surface area (Å²) in [5.74, 6) is 1.05. The maximum atomic E-state index is 5.82. The van der Waals surface area contributed by atoms with Gasteiger partial charge >= 0.3 is 0 Å². The Hall–Kier alpha value is -1.09. The number of nitrogens with two attached hydrogens (primary N) is 1. The number of nitrogen functional groups attached to an aromatic ring is 1. The van der Waals surface area contributed by atoms with Crippen LogP contribution in [0.2, 0.25) is 0 Å². The molecule has 80 valence electrons. The summed E-state index contributed by atoms with van der Waals surface area (Å²) in [6.45, 7) is 3.17.